The van der Waals surface area contributed by atoms with Crippen LogP contribution in [0.4, 0.5) is 0 Å². The molecule has 0 spiro atoms. The molecule has 0 unspecified atom stereocenters. The van der Waals surface area contributed by atoms with E-state index in [-0.39, 0.29) is 0 Å². The van der Waals surface area contributed by atoms with Gasteiger partial charge >= 0.3 is 0 Å². The minimum absolute atomic E-state index is 0.301. The normalized spacial score (nSPS) is 16.1. The van der Waals surface area contributed by atoms with Crippen LogP contribution in [-0.4, -0.2) is 23.2 Å². The van der Waals surface area contributed by atoms with Gasteiger partial charge in [-0.1, -0.05) is 17.7 Å². The maximum atomic E-state index is 11.4. The van der Waals surface area contributed by atoms with Crippen LogP contribution >= 0.6 is 11.8 Å². The molecule has 2 nitrogen and oxygen atoms in total. The van der Waals surface area contributed by atoms with Gasteiger partial charge in [-0.15, -0.1) is 11.8 Å². The number of nitrogens with zero attached hydrogens (tertiary/aromatic N) is 1. The number of likely N-dealkylation sites (tertiary alicyclic amines) is 1. The van der Waals surface area contributed by atoms with E-state index in [1.807, 2.05) is 4.90 Å². The minimum atomic E-state index is 0.301. The molecule has 80 valence electrons. The van der Waals surface area contributed by atoms with Gasteiger partial charge < -0.3 is 4.90 Å². The smallest absolute Gasteiger partial charge is 0.223 e. The average Bonchev–Trinajstić information content (AvgIpc) is 2.63. The highest BCUT2D eigenvalue weighted by molar-refractivity contribution is 7.99. The predicted octanol–water partition coefficient (Wildman–Crippen LogP) is 2.67. The van der Waals surface area contributed by atoms with Gasteiger partial charge in [0.2, 0.25) is 5.91 Å². The minimum Gasteiger partial charge on any atom is -0.333 e. The van der Waals surface area contributed by atoms with Gasteiger partial charge in [-0.25, -0.2) is 0 Å². The molecule has 0 N–H and O–H groups in total. The van der Waals surface area contributed by atoms with E-state index in [4.69, 9.17) is 0 Å². The zero-order valence-corrected chi connectivity index (χ0v) is 9.72. The molecule has 1 amide bonds. The molecule has 0 radical (unpaired) electrons. The first-order valence-corrected chi connectivity index (χ1v) is 6.21. The number of carbonyl (C=O) groups is 1. The van der Waals surface area contributed by atoms with Gasteiger partial charge in [-0.05, 0) is 25.5 Å². The van der Waals surface area contributed by atoms with Crippen molar-refractivity contribution in [2.24, 2.45) is 0 Å². The molecule has 0 saturated carbocycles. The van der Waals surface area contributed by atoms with Gasteiger partial charge in [0.1, 0.15) is 0 Å². The van der Waals surface area contributed by atoms with E-state index >= 15 is 0 Å². The van der Waals surface area contributed by atoms with Crippen LogP contribution in [0.15, 0.2) is 29.2 Å². The summed E-state index contributed by atoms with van der Waals surface area (Å²) in [7, 11) is 0. The third-order valence-corrected chi connectivity index (χ3v) is 3.63. The third-order valence-electron chi connectivity index (χ3n) is 2.58. The standard InChI is InChI=1S/C12H15NOS/c1-10-4-6-11(7-5-10)15-9-13-8-2-3-12(13)14/h4-7H,2-3,8-9H2,1H3. The Hall–Kier alpha value is -0.960. The van der Waals surface area contributed by atoms with Crippen molar-refractivity contribution in [1.29, 1.82) is 0 Å². The number of hydrogen-bond acceptors (Lipinski definition) is 2. The first-order chi connectivity index (χ1) is 7.25. The molecule has 1 aliphatic rings. The number of amides is 1. The summed E-state index contributed by atoms with van der Waals surface area (Å²) in [5.41, 5.74) is 1.27. The van der Waals surface area contributed by atoms with Crippen LogP contribution in [0.2, 0.25) is 0 Å². The fourth-order valence-electron chi connectivity index (χ4n) is 1.63. The van der Waals surface area contributed by atoms with E-state index in [0.717, 1.165) is 25.3 Å². The Morgan fingerprint density at radius 2 is 2.07 bits per heavy atom. The lowest BCUT2D eigenvalue weighted by Gasteiger charge is -2.14. The summed E-state index contributed by atoms with van der Waals surface area (Å²) in [4.78, 5) is 14.5. The van der Waals surface area contributed by atoms with Crippen molar-refractivity contribution in [3.63, 3.8) is 0 Å². The Balaban J connectivity index is 1.87. The van der Waals surface area contributed by atoms with E-state index in [1.54, 1.807) is 11.8 Å². The fraction of sp³-hybridized carbons (Fsp3) is 0.417. The molecule has 1 aromatic carbocycles. The van der Waals surface area contributed by atoms with E-state index in [0.29, 0.717) is 5.91 Å². The van der Waals surface area contributed by atoms with Crippen molar-refractivity contribution >= 4 is 17.7 Å². The van der Waals surface area contributed by atoms with E-state index in [1.165, 1.54) is 10.5 Å². The lowest BCUT2D eigenvalue weighted by molar-refractivity contribution is -0.126. The second-order valence-electron chi connectivity index (χ2n) is 3.85. The highest BCUT2D eigenvalue weighted by atomic mass is 32.2. The summed E-state index contributed by atoms with van der Waals surface area (Å²) in [6, 6.07) is 8.43. The van der Waals surface area contributed by atoms with Crippen LogP contribution in [0.1, 0.15) is 18.4 Å². The molecule has 3 heteroatoms. The molecule has 1 saturated heterocycles. The first-order valence-electron chi connectivity index (χ1n) is 5.23. The van der Waals surface area contributed by atoms with Crippen molar-refractivity contribution in [1.82, 2.24) is 4.90 Å². The molecule has 1 aliphatic heterocycles. The van der Waals surface area contributed by atoms with Gasteiger partial charge in [0, 0.05) is 17.9 Å². The summed E-state index contributed by atoms with van der Waals surface area (Å²) >= 11 is 1.74. The summed E-state index contributed by atoms with van der Waals surface area (Å²) in [6.07, 6.45) is 1.75. The fourth-order valence-corrected chi connectivity index (χ4v) is 2.53. The number of thioether (sulfide) groups is 1. The lowest BCUT2D eigenvalue weighted by atomic mass is 10.2. The van der Waals surface area contributed by atoms with Crippen molar-refractivity contribution in [3.05, 3.63) is 29.8 Å². The Morgan fingerprint density at radius 1 is 1.33 bits per heavy atom. The summed E-state index contributed by atoms with van der Waals surface area (Å²) in [6.45, 7) is 3.01. The first kappa shape index (κ1) is 10.6. The molecule has 0 aliphatic carbocycles. The van der Waals surface area contributed by atoms with Gasteiger partial charge in [-0.2, -0.15) is 0 Å². The van der Waals surface area contributed by atoms with Crippen LogP contribution in [-0.2, 0) is 4.79 Å². The molecule has 15 heavy (non-hydrogen) atoms. The molecule has 0 bridgehead atoms. The van der Waals surface area contributed by atoms with Crippen LogP contribution < -0.4 is 0 Å². The molecule has 0 atom stereocenters. The number of benzene rings is 1. The number of carbonyl (C=O) groups excluding carboxylic acids is 1. The molecular weight excluding hydrogens is 206 g/mol. The van der Waals surface area contributed by atoms with Gasteiger partial charge in [-0.3, -0.25) is 4.79 Å². The molecule has 2 rings (SSSR count). The van der Waals surface area contributed by atoms with Gasteiger partial charge in [0.05, 0.1) is 5.88 Å². The maximum Gasteiger partial charge on any atom is 0.223 e. The van der Waals surface area contributed by atoms with Crippen LogP contribution in [0.3, 0.4) is 0 Å². The number of hydrogen-bond donors (Lipinski definition) is 0. The molecule has 1 aromatic rings. The Labute approximate surface area is 94.7 Å². The van der Waals surface area contributed by atoms with Crippen molar-refractivity contribution < 1.29 is 4.79 Å². The lowest BCUT2D eigenvalue weighted by Crippen LogP contribution is -2.23. The number of rotatable bonds is 3. The van der Waals surface area contributed by atoms with Crippen LogP contribution in [0.25, 0.3) is 0 Å². The predicted molar refractivity (Wildman–Crippen MR) is 62.9 cm³/mol. The summed E-state index contributed by atoms with van der Waals surface area (Å²) in [5, 5.41) is 0. The maximum absolute atomic E-state index is 11.4. The van der Waals surface area contributed by atoms with Gasteiger partial charge in [0.25, 0.3) is 0 Å². The van der Waals surface area contributed by atoms with Crippen molar-refractivity contribution in [2.75, 3.05) is 12.4 Å². The van der Waals surface area contributed by atoms with Crippen LogP contribution in [0.5, 0.6) is 0 Å². The Morgan fingerprint density at radius 3 is 2.67 bits per heavy atom. The SMILES string of the molecule is Cc1ccc(SCN2CCCC2=O)cc1. The molecule has 0 aromatic heterocycles. The van der Waals surface area contributed by atoms with Crippen molar-refractivity contribution in [2.45, 2.75) is 24.7 Å². The monoisotopic (exact) mass is 221 g/mol. The Kier molecular flexibility index (Phi) is 3.31. The molecule has 1 fully saturated rings. The second kappa shape index (κ2) is 4.71. The average molecular weight is 221 g/mol. The largest absolute Gasteiger partial charge is 0.333 e. The number of aryl methyl sites for hydroxylation is 1. The van der Waals surface area contributed by atoms with E-state index in [9.17, 15) is 4.79 Å². The molecule has 1 heterocycles. The van der Waals surface area contributed by atoms with E-state index in [2.05, 4.69) is 31.2 Å². The summed E-state index contributed by atoms with van der Waals surface area (Å²) in [5.74, 6) is 1.09. The third kappa shape index (κ3) is 2.75. The quantitative estimate of drug-likeness (QED) is 0.731. The topological polar surface area (TPSA) is 20.3 Å². The van der Waals surface area contributed by atoms with Gasteiger partial charge in [0.15, 0.2) is 0 Å². The zero-order valence-electron chi connectivity index (χ0n) is 8.90. The highest BCUT2D eigenvalue weighted by Gasteiger charge is 2.19. The zero-order chi connectivity index (χ0) is 10.7. The second-order valence-corrected chi connectivity index (χ2v) is 4.87. The Bertz CT molecular complexity index is 347. The highest BCUT2D eigenvalue weighted by Crippen LogP contribution is 2.21. The summed E-state index contributed by atoms with van der Waals surface area (Å²) < 4.78 is 0. The van der Waals surface area contributed by atoms with E-state index < -0.39 is 0 Å². The van der Waals surface area contributed by atoms with Crippen molar-refractivity contribution in [3.8, 4) is 0 Å². The molecular formula is C12H15NOS. The van der Waals surface area contributed by atoms with Crippen LogP contribution in [0, 0.1) is 6.92 Å².